The summed E-state index contributed by atoms with van der Waals surface area (Å²) < 4.78 is 11.5. The predicted octanol–water partition coefficient (Wildman–Crippen LogP) is 4.55. The maximum atomic E-state index is 11.1. The summed E-state index contributed by atoms with van der Waals surface area (Å²) in [6, 6.07) is 16.1. The lowest BCUT2D eigenvalue weighted by atomic mass is 10.1. The monoisotopic (exact) mass is 352 g/mol. The number of aromatic nitrogens is 2. The van der Waals surface area contributed by atoms with E-state index in [0.29, 0.717) is 28.5 Å². The van der Waals surface area contributed by atoms with Crippen molar-refractivity contribution < 1.29 is 9.15 Å². The van der Waals surface area contributed by atoms with E-state index in [1.807, 2.05) is 30.3 Å². The Hall–Kier alpha value is -3.05. The van der Waals surface area contributed by atoms with Gasteiger partial charge in [-0.05, 0) is 48.0 Å². The highest BCUT2D eigenvalue weighted by molar-refractivity contribution is 6.30. The minimum atomic E-state index is -0.223. The second kappa shape index (κ2) is 6.45. The first-order chi connectivity index (χ1) is 12.2. The van der Waals surface area contributed by atoms with E-state index in [-0.39, 0.29) is 5.56 Å². The lowest BCUT2D eigenvalue weighted by molar-refractivity contribution is 0.472. The molecule has 0 amide bonds. The van der Waals surface area contributed by atoms with E-state index >= 15 is 0 Å². The van der Waals surface area contributed by atoms with Gasteiger partial charge in [0.25, 0.3) is 5.56 Å². The molecule has 2 aromatic carbocycles. The predicted molar refractivity (Wildman–Crippen MR) is 95.4 cm³/mol. The Labute approximate surface area is 147 Å². The number of ether oxygens (including phenoxy) is 1. The molecule has 2 aromatic heterocycles. The summed E-state index contributed by atoms with van der Waals surface area (Å²) in [5.74, 6) is 1.23. The topological polar surface area (TPSA) is 68.1 Å². The summed E-state index contributed by atoms with van der Waals surface area (Å²) in [6.07, 6.45) is 2.18. The van der Waals surface area contributed by atoms with E-state index in [1.165, 1.54) is 6.07 Å². The van der Waals surface area contributed by atoms with Gasteiger partial charge in [-0.15, -0.1) is 0 Å². The molecule has 25 heavy (non-hydrogen) atoms. The van der Waals surface area contributed by atoms with Gasteiger partial charge in [0.15, 0.2) is 11.3 Å². The molecule has 0 radical (unpaired) electrons. The SMILES string of the molecule is O=c1ccc(Cc2cc(Oc3cccc(Cl)c3)c3occc3c2)n[nH]1. The Balaban J connectivity index is 1.71. The van der Waals surface area contributed by atoms with Gasteiger partial charge in [-0.1, -0.05) is 17.7 Å². The summed E-state index contributed by atoms with van der Waals surface area (Å²) in [6.45, 7) is 0. The molecule has 6 heteroatoms. The van der Waals surface area contributed by atoms with Gasteiger partial charge in [-0.3, -0.25) is 4.79 Å². The number of aromatic amines is 1. The van der Waals surface area contributed by atoms with Crippen LogP contribution in [-0.2, 0) is 6.42 Å². The highest BCUT2D eigenvalue weighted by Crippen LogP contribution is 2.33. The summed E-state index contributed by atoms with van der Waals surface area (Å²) in [4.78, 5) is 11.1. The normalized spacial score (nSPS) is 10.9. The van der Waals surface area contributed by atoms with Crippen molar-refractivity contribution in [3.8, 4) is 11.5 Å². The van der Waals surface area contributed by atoms with Gasteiger partial charge in [-0.2, -0.15) is 5.10 Å². The van der Waals surface area contributed by atoms with Crippen LogP contribution in [-0.4, -0.2) is 10.2 Å². The van der Waals surface area contributed by atoms with Crippen LogP contribution in [0.3, 0.4) is 0 Å². The first-order valence-corrected chi connectivity index (χ1v) is 8.03. The van der Waals surface area contributed by atoms with Gasteiger partial charge in [0.1, 0.15) is 5.75 Å². The minimum absolute atomic E-state index is 0.223. The molecule has 0 saturated heterocycles. The van der Waals surface area contributed by atoms with Crippen LogP contribution in [0, 0.1) is 0 Å². The molecule has 0 spiro atoms. The second-order valence-electron chi connectivity index (χ2n) is 5.58. The van der Waals surface area contributed by atoms with Gasteiger partial charge in [-0.25, -0.2) is 5.10 Å². The van der Waals surface area contributed by atoms with E-state index in [2.05, 4.69) is 10.2 Å². The molecular weight excluding hydrogens is 340 g/mol. The lowest BCUT2D eigenvalue weighted by Crippen LogP contribution is -2.07. The van der Waals surface area contributed by atoms with Gasteiger partial charge in [0, 0.05) is 22.9 Å². The van der Waals surface area contributed by atoms with Crippen LogP contribution >= 0.6 is 11.6 Å². The molecule has 0 fully saturated rings. The van der Waals surface area contributed by atoms with Crippen molar-refractivity contribution in [1.29, 1.82) is 0 Å². The Bertz CT molecular complexity index is 1080. The molecule has 1 N–H and O–H groups in total. The van der Waals surface area contributed by atoms with Crippen LogP contribution in [0.15, 0.2) is 70.1 Å². The van der Waals surface area contributed by atoms with E-state index < -0.39 is 0 Å². The third kappa shape index (κ3) is 3.41. The standard InChI is InChI=1S/C19H13ClN2O3/c20-14-2-1-3-16(11-14)25-17-10-12(8-13-6-7-24-19(13)17)9-15-4-5-18(23)22-21-15/h1-8,10-11H,9H2,(H,22,23). The largest absolute Gasteiger partial charge is 0.460 e. The van der Waals surface area contributed by atoms with Crippen LogP contribution in [0.2, 0.25) is 5.02 Å². The smallest absolute Gasteiger partial charge is 0.264 e. The Kier molecular flexibility index (Phi) is 3.99. The number of hydrogen-bond donors (Lipinski definition) is 1. The van der Waals surface area contributed by atoms with Crippen molar-refractivity contribution in [1.82, 2.24) is 10.2 Å². The average Bonchev–Trinajstić information content (AvgIpc) is 3.06. The van der Waals surface area contributed by atoms with Crippen molar-refractivity contribution in [2.75, 3.05) is 0 Å². The second-order valence-corrected chi connectivity index (χ2v) is 6.02. The van der Waals surface area contributed by atoms with Crippen LogP contribution in [0.1, 0.15) is 11.3 Å². The fourth-order valence-electron chi connectivity index (χ4n) is 2.62. The summed E-state index contributed by atoms with van der Waals surface area (Å²) in [5.41, 5.74) is 2.19. The third-order valence-corrected chi connectivity index (χ3v) is 3.96. The first-order valence-electron chi connectivity index (χ1n) is 7.65. The third-order valence-electron chi connectivity index (χ3n) is 3.72. The van der Waals surface area contributed by atoms with Crippen molar-refractivity contribution in [3.63, 3.8) is 0 Å². The highest BCUT2D eigenvalue weighted by atomic mass is 35.5. The molecule has 0 saturated carbocycles. The number of nitrogens with one attached hydrogen (secondary N) is 1. The van der Waals surface area contributed by atoms with Gasteiger partial charge in [0.05, 0.1) is 12.0 Å². The maximum Gasteiger partial charge on any atom is 0.264 e. The van der Waals surface area contributed by atoms with Crippen LogP contribution in [0.4, 0.5) is 0 Å². The van der Waals surface area contributed by atoms with Gasteiger partial charge in [0.2, 0.25) is 0 Å². The number of nitrogens with zero attached hydrogens (tertiary/aromatic N) is 1. The molecule has 0 aliphatic heterocycles. The molecule has 124 valence electrons. The molecular formula is C19H13ClN2O3. The molecule has 0 bridgehead atoms. The lowest BCUT2D eigenvalue weighted by Gasteiger charge is -2.09. The fraction of sp³-hybridized carbons (Fsp3) is 0.0526. The van der Waals surface area contributed by atoms with E-state index in [1.54, 1.807) is 24.5 Å². The Morgan fingerprint density at radius 1 is 1.12 bits per heavy atom. The van der Waals surface area contributed by atoms with Crippen LogP contribution < -0.4 is 10.3 Å². The number of benzene rings is 2. The zero-order chi connectivity index (χ0) is 17.2. The Morgan fingerprint density at radius 2 is 2.04 bits per heavy atom. The molecule has 0 unspecified atom stereocenters. The van der Waals surface area contributed by atoms with Crippen LogP contribution in [0.25, 0.3) is 11.0 Å². The van der Waals surface area contributed by atoms with Crippen molar-refractivity contribution in [3.05, 3.63) is 87.5 Å². The average molecular weight is 353 g/mol. The van der Waals surface area contributed by atoms with Crippen molar-refractivity contribution in [2.24, 2.45) is 0 Å². The number of furan rings is 1. The van der Waals surface area contributed by atoms with Crippen molar-refractivity contribution in [2.45, 2.75) is 6.42 Å². The van der Waals surface area contributed by atoms with E-state index in [9.17, 15) is 4.79 Å². The maximum absolute atomic E-state index is 11.1. The van der Waals surface area contributed by atoms with Gasteiger partial charge < -0.3 is 9.15 Å². The number of rotatable bonds is 4. The molecule has 5 nitrogen and oxygen atoms in total. The molecule has 0 aliphatic carbocycles. The van der Waals surface area contributed by atoms with Gasteiger partial charge >= 0.3 is 0 Å². The first kappa shape index (κ1) is 15.5. The molecule has 0 aliphatic rings. The molecule has 2 heterocycles. The van der Waals surface area contributed by atoms with E-state index in [0.717, 1.165) is 16.6 Å². The molecule has 4 aromatic rings. The quantitative estimate of drug-likeness (QED) is 0.585. The van der Waals surface area contributed by atoms with Crippen molar-refractivity contribution >= 4 is 22.6 Å². The fourth-order valence-corrected chi connectivity index (χ4v) is 2.80. The Morgan fingerprint density at radius 3 is 2.84 bits per heavy atom. The number of hydrogen-bond acceptors (Lipinski definition) is 4. The summed E-state index contributed by atoms with van der Waals surface area (Å²) in [5, 5.41) is 8.02. The zero-order valence-corrected chi connectivity index (χ0v) is 13.8. The molecule has 4 rings (SSSR count). The molecule has 0 atom stereocenters. The van der Waals surface area contributed by atoms with E-state index in [4.69, 9.17) is 20.8 Å². The number of halogens is 1. The minimum Gasteiger partial charge on any atom is -0.460 e. The highest BCUT2D eigenvalue weighted by Gasteiger charge is 2.11. The summed E-state index contributed by atoms with van der Waals surface area (Å²) >= 11 is 6.02. The zero-order valence-electron chi connectivity index (χ0n) is 13.0. The number of H-pyrrole nitrogens is 1. The number of fused-ring (bicyclic) bond motifs is 1. The summed E-state index contributed by atoms with van der Waals surface area (Å²) in [7, 11) is 0. The van der Waals surface area contributed by atoms with Crippen LogP contribution in [0.5, 0.6) is 11.5 Å².